The quantitative estimate of drug-likeness (QED) is 0.818. The summed E-state index contributed by atoms with van der Waals surface area (Å²) in [6.45, 7) is 5.94. The van der Waals surface area contributed by atoms with E-state index in [0.29, 0.717) is 19.6 Å². The third-order valence-electron chi connectivity index (χ3n) is 4.29. The van der Waals surface area contributed by atoms with Crippen LogP contribution in [0.4, 0.5) is 0 Å². The largest absolute Gasteiger partial charge is 0.481 e. The molecule has 1 unspecified atom stereocenters. The summed E-state index contributed by atoms with van der Waals surface area (Å²) in [5, 5.41) is 9.77. The molecule has 0 amide bonds. The van der Waals surface area contributed by atoms with Crippen molar-refractivity contribution in [2.45, 2.75) is 18.8 Å². The van der Waals surface area contributed by atoms with Crippen molar-refractivity contribution in [3.63, 3.8) is 0 Å². The Labute approximate surface area is 125 Å². The molecule has 0 aromatic heterocycles. The van der Waals surface area contributed by atoms with Gasteiger partial charge in [-0.3, -0.25) is 9.69 Å². The van der Waals surface area contributed by atoms with E-state index < -0.39 is 11.4 Å². The van der Waals surface area contributed by atoms with E-state index in [1.807, 2.05) is 31.2 Å². The molecule has 1 saturated heterocycles. The van der Waals surface area contributed by atoms with Crippen molar-refractivity contribution in [1.82, 2.24) is 4.90 Å². The smallest absolute Gasteiger partial charge is 0.315 e. The number of aryl methyl sites for hydroxylation is 1. The van der Waals surface area contributed by atoms with Gasteiger partial charge in [0.2, 0.25) is 0 Å². The summed E-state index contributed by atoms with van der Waals surface area (Å²) in [6, 6.07) is 7.66. The minimum atomic E-state index is -1.01. The maximum Gasteiger partial charge on any atom is 0.315 e. The standard InChI is InChI=1S/C16H24N2O3/c1-13-3-2-4-14(11-13)16(12-17,15(19)20)5-6-18-7-9-21-10-8-18/h2-4,11H,5-10,12,17H2,1H3,(H,19,20). The highest BCUT2D eigenvalue weighted by molar-refractivity contribution is 5.81. The van der Waals surface area contributed by atoms with Crippen LogP contribution in [0.1, 0.15) is 17.5 Å². The molecule has 21 heavy (non-hydrogen) atoms. The molecule has 1 aromatic rings. The molecule has 0 aliphatic carbocycles. The van der Waals surface area contributed by atoms with Crippen LogP contribution in [0, 0.1) is 6.92 Å². The maximum absolute atomic E-state index is 11.9. The van der Waals surface area contributed by atoms with Crippen molar-refractivity contribution in [3.8, 4) is 0 Å². The normalized spacial score (nSPS) is 19.1. The highest BCUT2D eigenvalue weighted by atomic mass is 16.5. The Morgan fingerprint density at radius 2 is 2.14 bits per heavy atom. The van der Waals surface area contributed by atoms with Gasteiger partial charge in [-0.05, 0) is 25.5 Å². The molecule has 1 fully saturated rings. The summed E-state index contributed by atoms with van der Waals surface area (Å²) >= 11 is 0. The van der Waals surface area contributed by atoms with Crippen LogP contribution in [0.25, 0.3) is 0 Å². The Bertz CT molecular complexity index is 486. The number of ether oxygens (including phenoxy) is 1. The number of nitrogens with zero attached hydrogens (tertiary/aromatic N) is 1. The SMILES string of the molecule is Cc1cccc(C(CN)(CCN2CCOCC2)C(=O)O)c1. The van der Waals surface area contributed by atoms with Crippen LogP contribution in [-0.4, -0.2) is 55.4 Å². The molecule has 0 saturated carbocycles. The van der Waals surface area contributed by atoms with Crippen molar-refractivity contribution in [1.29, 1.82) is 0 Å². The average molecular weight is 292 g/mol. The fourth-order valence-corrected chi connectivity index (χ4v) is 2.80. The lowest BCUT2D eigenvalue weighted by atomic mass is 9.77. The van der Waals surface area contributed by atoms with Crippen LogP contribution < -0.4 is 5.73 Å². The molecule has 1 aliphatic rings. The molecule has 0 radical (unpaired) electrons. The number of rotatable bonds is 6. The maximum atomic E-state index is 11.9. The van der Waals surface area contributed by atoms with Gasteiger partial charge in [-0.25, -0.2) is 0 Å². The van der Waals surface area contributed by atoms with E-state index in [1.165, 1.54) is 0 Å². The molecule has 2 rings (SSSR count). The van der Waals surface area contributed by atoms with E-state index in [0.717, 1.165) is 30.8 Å². The minimum absolute atomic E-state index is 0.107. The van der Waals surface area contributed by atoms with Crippen molar-refractivity contribution < 1.29 is 14.6 Å². The van der Waals surface area contributed by atoms with Crippen molar-refractivity contribution in [3.05, 3.63) is 35.4 Å². The second kappa shape index (κ2) is 7.02. The lowest BCUT2D eigenvalue weighted by Crippen LogP contribution is -2.47. The second-order valence-corrected chi connectivity index (χ2v) is 5.66. The summed E-state index contributed by atoms with van der Waals surface area (Å²) in [4.78, 5) is 14.2. The number of carboxylic acids is 1. The van der Waals surface area contributed by atoms with Gasteiger partial charge in [-0.15, -0.1) is 0 Å². The zero-order valence-electron chi connectivity index (χ0n) is 12.5. The van der Waals surface area contributed by atoms with Crippen LogP contribution in [0.2, 0.25) is 0 Å². The van der Waals surface area contributed by atoms with Crippen LogP contribution >= 0.6 is 0 Å². The number of morpholine rings is 1. The number of hydrogen-bond donors (Lipinski definition) is 2. The van der Waals surface area contributed by atoms with Crippen molar-refractivity contribution in [2.75, 3.05) is 39.4 Å². The fraction of sp³-hybridized carbons (Fsp3) is 0.562. The topological polar surface area (TPSA) is 75.8 Å². The molecule has 1 aromatic carbocycles. The lowest BCUT2D eigenvalue weighted by Gasteiger charge is -2.33. The predicted molar refractivity (Wildman–Crippen MR) is 81.4 cm³/mol. The Morgan fingerprint density at radius 1 is 1.43 bits per heavy atom. The fourth-order valence-electron chi connectivity index (χ4n) is 2.80. The zero-order valence-corrected chi connectivity index (χ0v) is 12.5. The van der Waals surface area contributed by atoms with E-state index in [-0.39, 0.29) is 6.54 Å². The van der Waals surface area contributed by atoms with E-state index in [2.05, 4.69) is 4.90 Å². The highest BCUT2D eigenvalue weighted by Crippen LogP contribution is 2.29. The van der Waals surface area contributed by atoms with Crippen LogP contribution in [0.15, 0.2) is 24.3 Å². The monoisotopic (exact) mass is 292 g/mol. The van der Waals surface area contributed by atoms with Crippen LogP contribution in [0.5, 0.6) is 0 Å². The summed E-state index contributed by atoms with van der Waals surface area (Å²) < 4.78 is 5.32. The molecule has 0 bridgehead atoms. The Kier molecular flexibility index (Phi) is 5.33. The number of carbonyl (C=O) groups is 1. The van der Waals surface area contributed by atoms with E-state index in [4.69, 9.17) is 10.5 Å². The number of carboxylic acid groups (broad SMARTS) is 1. The molecular weight excluding hydrogens is 268 g/mol. The van der Waals surface area contributed by atoms with Gasteiger partial charge in [-0.2, -0.15) is 0 Å². The molecule has 1 atom stereocenters. The first-order valence-corrected chi connectivity index (χ1v) is 7.39. The van der Waals surface area contributed by atoms with Gasteiger partial charge in [0.25, 0.3) is 0 Å². The third-order valence-corrected chi connectivity index (χ3v) is 4.29. The summed E-state index contributed by atoms with van der Waals surface area (Å²) in [7, 11) is 0. The van der Waals surface area contributed by atoms with E-state index in [9.17, 15) is 9.90 Å². The van der Waals surface area contributed by atoms with Gasteiger partial charge in [0.15, 0.2) is 0 Å². The van der Waals surface area contributed by atoms with Gasteiger partial charge in [-0.1, -0.05) is 29.8 Å². The molecule has 3 N–H and O–H groups in total. The predicted octanol–water partition coefficient (Wildman–Crippen LogP) is 0.998. The van der Waals surface area contributed by atoms with Gasteiger partial charge in [0.05, 0.1) is 13.2 Å². The molecule has 0 spiro atoms. The number of nitrogens with two attached hydrogens (primary N) is 1. The van der Waals surface area contributed by atoms with Crippen LogP contribution in [0.3, 0.4) is 0 Å². The summed E-state index contributed by atoms with van der Waals surface area (Å²) in [5.74, 6) is -0.844. The summed E-state index contributed by atoms with van der Waals surface area (Å²) in [6.07, 6.45) is 0.516. The molecule has 5 heteroatoms. The Balaban J connectivity index is 2.18. The van der Waals surface area contributed by atoms with Gasteiger partial charge in [0, 0.05) is 19.6 Å². The van der Waals surface area contributed by atoms with Crippen molar-refractivity contribution in [2.24, 2.45) is 5.73 Å². The molecular formula is C16H24N2O3. The zero-order chi connectivity index (χ0) is 15.3. The first kappa shape index (κ1) is 15.9. The number of benzene rings is 1. The second-order valence-electron chi connectivity index (χ2n) is 5.66. The van der Waals surface area contributed by atoms with Gasteiger partial charge < -0.3 is 15.6 Å². The molecule has 5 nitrogen and oxygen atoms in total. The van der Waals surface area contributed by atoms with Gasteiger partial charge >= 0.3 is 5.97 Å². The molecule has 1 heterocycles. The van der Waals surface area contributed by atoms with Crippen molar-refractivity contribution >= 4 is 5.97 Å². The van der Waals surface area contributed by atoms with Gasteiger partial charge in [0.1, 0.15) is 5.41 Å². The average Bonchev–Trinajstić information content (AvgIpc) is 2.49. The molecule has 1 aliphatic heterocycles. The molecule has 116 valence electrons. The van der Waals surface area contributed by atoms with E-state index in [1.54, 1.807) is 0 Å². The number of aliphatic carboxylic acids is 1. The van der Waals surface area contributed by atoms with E-state index >= 15 is 0 Å². The minimum Gasteiger partial charge on any atom is -0.481 e. The number of hydrogen-bond acceptors (Lipinski definition) is 4. The Morgan fingerprint density at radius 3 is 2.71 bits per heavy atom. The lowest BCUT2D eigenvalue weighted by molar-refractivity contribution is -0.144. The Hall–Kier alpha value is -1.43. The highest BCUT2D eigenvalue weighted by Gasteiger charge is 2.39. The summed E-state index contributed by atoms with van der Waals surface area (Å²) in [5.41, 5.74) is 6.72. The first-order valence-electron chi connectivity index (χ1n) is 7.39. The third kappa shape index (κ3) is 3.61. The first-order chi connectivity index (χ1) is 10.1. The van der Waals surface area contributed by atoms with Crippen LogP contribution in [-0.2, 0) is 14.9 Å².